The van der Waals surface area contributed by atoms with Gasteiger partial charge in [0.25, 0.3) is 0 Å². The van der Waals surface area contributed by atoms with Crippen molar-refractivity contribution in [1.29, 1.82) is 0 Å². The van der Waals surface area contributed by atoms with Gasteiger partial charge in [-0.05, 0) is 26.0 Å². The van der Waals surface area contributed by atoms with E-state index in [4.69, 9.17) is 4.52 Å². The Morgan fingerprint density at radius 3 is 2.78 bits per heavy atom. The van der Waals surface area contributed by atoms with Crippen LogP contribution in [-0.4, -0.2) is 29.9 Å². The molecule has 4 rings (SSSR count). The minimum absolute atomic E-state index is 0.645. The Bertz CT molecular complexity index is 955. The Morgan fingerprint density at radius 2 is 2.04 bits per heavy atom. The van der Waals surface area contributed by atoms with Crippen LogP contribution in [0, 0.1) is 13.8 Å². The van der Waals surface area contributed by atoms with E-state index in [1.54, 1.807) is 17.1 Å². The predicted octanol–water partition coefficient (Wildman–Crippen LogP) is 2.56. The van der Waals surface area contributed by atoms with Gasteiger partial charge < -0.3 is 9.84 Å². The van der Waals surface area contributed by atoms with E-state index < -0.39 is 0 Å². The van der Waals surface area contributed by atoms with Gasteiger partial charge in [-0.15, -0.1) is 0 Å². The van der Waals surface area contributed by atoms with Crippen LogP contribution in [0.5, 0.6) is 0 Å². The molecule has 0 aliphatic heterocycles. The smallest absolute Gasteiger partial charge is 0.170 e. The van der Waals surface area contributed by atoms with E-state index in [2.05, 4.69) is 30.5 Å². The lowest BCUT2D eigenvalue weighted by Gasteiger charge is -2.06. The summed E-state index contributed by atoms with van der Waals surface area (Å²) < 4.78 is 6.84. The summed E-state index contributed by atoms with van der Waals surface area (Å²) >= 11 is 0. The minimum atomic E-state index is 0.645. The molecule has 0 saturated carbocycles. The van der Waals surface area contributed by atoms with Gasteiger partial charge in [0.2, 0.25) is 0 Å². The number of hydrogen-bond acceptors (Lipinski definition) is 7. The average Bonchev–Trinajstić information content (AvgIpc) is 3.15. The zero-order valence-electron chi connectivity index (χ0n) is 12.6. The molecular weight excluding hydrogens is 294 g/mol. The van der Waals surface area contributed by atoms with Crippen LogP contribution in [0.4, 0.5) is 11.5 Å². The van der Waals surface area contributed by atoms with Crippen LogP contribution >= 0.6 is 0 Å². The monoisotopic (exact) mass is 307 g/mol. The number of fused-ring (bicyclic) bond motifs is 1. The molecule has 0 spiro atoms. The molecule has 4 heterocycles. The maximum atomic E-state index is 5.17. The molecule has 0 fully saturated rings. The van der Waals surface area contributed by atoms with Crippen molar-refractivity contribution in [2.75, 3.05) is 5.32 Å². The third-order valence-corrected chi connectivity index (χ3v) is 3.51. The summed E-state index contributed by atoms with van der Waals surface area (Å²) in [7, 11) is 0. The first-order chi connectivity index (χ1) is 11.2. The Morgan fingerprint density at radius 1 is 1.13 bits per heavy atom. The summed E-state index contributed by atoms with van der Waals surface area (Å²) in [5.41, 5.74) is 2.25. The van der Waals surface area contributed by atoms with Gasteiger partial charge in [0, 0.05) is 6.20 Å². The second-order valence-electron chi connectivity index (χ2n) is 5.03. The first kappa shape index (κ1) is 13.4. The number of hydrogen-bond donors (Lipinski definition) is 1. The molecule has 1 N–H and O–H groups in total. The van der Waals surface area contributed by atoms with E-state index in [0.717, 1.165) is 16.8 Å². The van der Waals surface area contributed by atoms with Crippen LogP contribution in [0.15, 0.2) is 41.4 Å². The van der Waals surface area contributed by atoms with E-state index >= 15 is 0 Å². The number of nitrogens with one attached hydrogen (secondary N) is 1. The minimum Gasteiger partial charge on any atom is -0.359 e. The van der Waals surface area contributed by atoms with E-state index in [0.29, 0.717) is 23.0 Å². The van der Waals surface area contributed by atoms with Crippen LogP contribution in [-0.2, 0) is 0 Å². The van der Waals surface area contributed by atoms with Gasteiger partial charge in [0.05, 0.1) is 11.6 Å². The number of anilines is 2. The van der Waals surface area contributed by atoms with Gasteiger partial charge in [-0.1, -0.05) is 11.2 Å². The van der Waals surface area contributed by atoms with Crippen molar-refractivity contribution in [2.45, 2.75) is 13.8 Å². The number of rotatable bonds is 3. The maximum Gasteiger partial charge on any atom is 0.170 e. The standard InChI is InChI=1S/C15H13N7O/c1-9-13(10(2)23-21-9)20-14-11-7-19-22(15(11)18-8-17-14)12-5-3-4-6-16-12/h3-8H,1-2H3,(H,17,18,20). The van der Waals surface area contributed by atoms with Crippen molar-refractivity contribution >= 4 is 22.5 Å². The number of nitrogens with zero attached hydrogens (tertiary/aromatic N) is 6. The molecule has 114 valence electrons. The Balaban J connectivity index is 1.82. The lowest BCUT2D eigenvalue weighted by molar-refractivity contribution is 0.393. The maximum absolute atomic E-state index is 5.17. The highest BCUT2D eigenvalue weighted by atomic mass is 16.5. The van der Waals surface area contributed by atoms with E-state index in [-0.39, 0.29) is 0 Å². The van der Waals surface area contributed by atoms with Crippen molar-refractivity contribution in [2.24, 2.45) is 0 Å². The van der Waals surface area contributed by atoms with Crippen molar-refractivity contribution < 1.29 is 4.52 Å². The van der Waals surface area contributed by atoms with Crippen molar-refractivity contribution in [3.63, 3.8) is 0 Å². The lowest BCUT2D eigenvalue weighted by atomic mass is 10.3. The molecule has 0 saturated heterocycles. The Kier molecular flexibility index (Phi) is 3.00. The second kappa shape index (κ2) is 5.16. The summed E-state index contributed by atoms with van der Waals surface area (Å²) in [5, 5.41) is 12.3. The number of pyridine rings is 1. The Labute approximate surface area is 131 Å². The molecule has 0 bridgehead atoms. The molecule has 0 atom stereocenters. The van der Waals surface area contributed by atoms with E-state index in [1.165, 1.54) is 6.33 Å². The molecule has 0 radical (unpaired) electrons. The summed E-state index contributed by atoms with van der Waals surface area (Å²) in [6.07, 6.45) is 4.92. The van der Waals surface area contributed by atoms with Crippen LogP contribution in [0.2, 0.25) is 0 Å². The molecule has 8 nitrogen and oxygen atoms in total. The summed E-state index contributed by atoms with van der Waals surface area (Å²) in [6, 6.07) is 5.63. The van der Waals surface area contributed by atoms with Gasteiger partial charge in [-0.2, -0.15) is 9.78 Å². The van der Waals surface area contributed by atoms with Crippen molar-refractivity contribution in [3.8, 4) is 5.82 Å². The van der Waals surface area contributed by atoms with Crippen LogP contribution in [0.3, 0.4) is 0 Å². The fourth-order valence-electron chi connectivity index (χ4n) is 2.37. The highest BCUT2D eigenvalue weighted by Crippen LogP contribution is 2.27. The van der Waals surface area contributed by atoms with Gasteiger partial charge >= 0.3 is 0 Å². The number of aryl methyl sites for hydroxylation is 2. The predicted molar refractivity (Wildman–Crippen MR) is 83.7 cm³/mol. The largest absolute Gasteiger partial charge is 0.359 e. The molecule has 8 heteroatoms. The summed E-state index contributed by atoms with van der Waals surface area (Å²) in [5.74, 6) is 2.04. The van der Waals surface area contributed by atoms with Crippen molar-refractivity contribution in [3.05, 3.63) is 48.4 Å². The first-order valence-electron chi connectivity index (χ1n) is 7.04. The van der Waals surface area contributed by atoms with Crippen LogP contribution < -0.4 is 5.32 Å². The Hall–Kier alpha value is -3.29. The molecule has 4 aromatic rings. The zero-order chi connectivity index (χ0) is 15.8. The quantitative estimate of drug-likeness (QED) is 0.621. The third-order valence-electron chi connectivity index (χ3n) is 3.51. The molecule has 0 amide bonds. The topological polar surface area (TPSA) is 94.5 Å². The zero-order valence-corrected chi connectivity index (χ0v) is 12.6. The summed E-state index contributed by atoms with van der Waals surface area (Å²) in [6.45, 7) is 3.71. The fourth-order valence-corrected chi connectivity index (χ4v) is 2.37. The van der Waals surface area contributed by atoms with Crippen LogP contribution in [0.1, 0.15) is 11.5 Å². The van der Waals surface area contributed by atoms with Crippen LogP contribution in [0.25, 0.3) is 16.9 Å². The average molecular weight is 307 g/mol. The molecule has 4 aromatic heterocycles. The molecular formula is C15H13N7O. The SMILES string of the molecule is Cc1noc(C)c1Nc1ncnc2c1cnn2-c1ccccn1. The van der Waals surface area contributed by atoms with Crippen molar-refractivity contribution in [1.82, 2.24) is 29.9 Å². The molecule has 0 aliphatic carbocycles. The van der Waals surface area contributed by atoms with E-state index in [1.807, 2.05) is 32.0 Å². The highest BCUT2D eigenvalue weighted by molar-refractivity contribution is 5.89. The third kappa shape index (κ3) is 2.20. The normalized spacial score (nSPS) is 11.0. The van der Waals surface area contributed by atoms with Gasteiger partial charge in [0.15, 0.2) is 17.2 Å². The fraction of sp³-hybridized carbons (Fsp3) is 0.133. The summed E-state index contributed by atoms with van der Waals surface area (Å²) in [4.78, 5) is 12.9. The molecule has 0 unspecified atom stereocenters. The van der Waals surface area contributed by atoms with Gasteiger partial charge in [0.1, 0.15) is 23.5 Å². The lowest BCUT2D eigenvalue weighted by Crippen LogP contribution is -2.01. The molecule has 0 aliphatic rings. The van der Waals surface area contributed by atoms with Gasteiger partial charge in [-0.25, -0.2) is 15.0 Å². The van der Waals surface area contributed by atoms with E-state index in [9.17, 15) is 0 Å². The van der Waals surface area contributed by atoms with Gasteiger partial charge in [-0.3, -0.25) is 0 Å². The molecule has 0 aromatic carbocycles. The molecule has 23 heavy (non-hydrogen) atoms. The second-order valence-corrected chi connectivity index (χ2v) is 5.03. The number of aromatic nitrogens is 6. The highest BCUT2D eigenvalue weighted by Gasteiger charge is 2.15. The first-order valence-corrected chi connectivity index (χ1v) is 7.04.